The minimum atomic E-state index is 0. The molecule has 0 atom stereocenters. The second-order valence-electron chi connectivity index (χ2n) is 0.289. The largest absolute Gasteiger partial charge is 1.00 e. The van der Waals surface area contributed by atoms with Crippen LogP contribution >= 0.6 is 0 Å². The zero-order valence-corrected chi connectivity index (χ0v) is 8.46. The van der Waals surface area contributed by atoms with E-state index in [1.165, 1.54) is 0 Å². The van der Waals surface area contributed by atoms with E-state index in [2.05, 4.69) is 9.69 Å². The van der Waals surface area contributed by atoms with Gasteiger partial charge in [-0.3, -0.25) is 0 Å². The number of hydrogen-bond acceptors (Lipinski definition) is 1. The summed E-state index contributed by atoms with van der Waals surface area (Å²) in [4.78, 5) is 2.42. The first-order valence-electron chi connectivity index (χ1n) is 0.847. The summed E-state index contributed by atoms with van der Waals surface area (Å²) >= 11 is 0. The average molecular weight is 113 g/mol. The zero-order chi connectivity index (χ0) is 3.41. The molecule has 0 aliphatic heterocycles. The van der Waals surface area contributed by atoms with Crippen molar-refractivity contribution < 1.29 is 52.8 Å². The number of rotatable bonds is 0. The molecule has 0 bridgehead atoms. The third kappa shape index (κ3) is 11.0. The van der Waals surface area contributed by atoms with Crippen molar-refractivity contribution >= 4 is 10.4 Å². The van der Waals surface area contributed by atoms with Crippen molar-refractivity contribution in [1.29, 1.82) is 0 Å². The van der Waals surface area contributed by atoms with Gasteiger partial charge in [0, 0.05) is 0 Å². The molecule has 5 heavy (non-hydrogen) atoms. The van der Waals surface area contributed by atoms with Gasteiger partial charge in [0.2, 0.25) is 0 Å². The molecule has 0 heterocycles. The summed E-state index contributed by atoms with van der Waals surface area (Å²) in [5, 5.41) is 0. The van der Waals surface area contributed by atoms with Crippen LogP contribution in [0.5, 0.6) is 0 Å². The second-order valence-corrected chi connectivity index (χ2v) is 0.689. The Morgan fingerprint density at radius 3 is 2.20 bits per heavy atom. The maximum atomic E-state index is 7.37. The molecule has 5 heteroatoms. The summed E-state index contributed by atoms with van der Waals surface area (Å²) in [5.74, 6) is 0. The Morgan fingerprint density at radius 1 is 2.00 bits per heavy atom. The van der Waals surface area contributed by atoms with Gasteiger partial charge in [-0.2, -0.15) is 0 Å². The van der Waals surface area contributed by atoms with Crippen LogP contribution in [-0.2, 0) is 0 Å². The van der Waals surface area contributed by atoms with Crippen LogP contribution in [-0.4, -0.2) is 10.4 Å². The molecular weight excluding hydrogens is 109 g/mol. The number of azide groups is 1. The van der Waals surface area contributed by atoms with Crippen molar-refractivity contribution in [3.8, 4) is 0 Å². The monoisotopic (exact) mass is 113 g/mol. The van der Waals surface area contributed by atoms with Crippen LogP contribution in [0.2, 0.25) is 0 Å². The standard InChI is InChI=1S/K.H3N3Si.H/c;1-2-3-4;/h;4H3;/q+1;;-1. The van der Waals surface area contributed by atoms with Gasteiger partial charge in [-0.15, -0.1) is 4.78 Å². The molecule has 3 nitrogen and oxygen atoms in total. The molecule has 0 amide bonds. The van der Waals surface area contributed by atoms with E-state index < -0.39 is 0 Å². The van der Waals surface area contributed by atoms with Gasteiger partial charge >= 0.3 is 51.4 Å². The normalized spacial score (nSPS) is 4.00. The van der Waals surface area contributed by atoms with Gasteiger partial charge in [-0.1, -0.05) is 0 Å². The Labute approximate surface area is 77.2 Å². The molecular formula is H4KN3Si. The van der Waals surface area contributed by atoms with Crippen molar-refractivity contribution in [2.75, 3.05) is 0 Å². The Bertz CT molecular complexity index is 48.8. The van der Waals surface area contributed by atoms with Crippen LogP contribution in [0.4, 0.5) is 0 Å². The molecule has 0 aromatic carbocycles. The van der Waals surface area contributed by atoms with Gasteiger partial charge in [0.1, 0.15) is 10.4 Å². The van der Waals surface area contributed by atoms with Crippen LogP contribution in [0.1, 0.15) is 1.43 Å². The quantitative estimate of drug-likeness (QED) is 0.137. The summed E-state index contributed by atoms with van der Waals surface area (Å²) in [6, 6.07) is 0. The van der Waals surface area contributed by atoms with Gasteiger partial charge in [-0.25, -0.2) is 0 Å². The Balaban J connectivity index is -0.0000000450. The van der Waals surface area contributed by atoms with Crippen LogP contribution in [0.3, 0.4) is 0 Å². The van der Waals surface area contributed by atoms with Crippen molar-refractivity contribution in [1.82, 2.24) is 0 Å². The predicted molar refractivity (Wildman–Crippen MR) is 20.2 cm³/mol. The van der Waals surface area contributed by atoms with Gasteiger partial charge in [0.25, 0.3) is 0 Å². The molecule has 0 spiro atoms. The maximum absolute atomic E-state index is 7.37. The zero-order valence-electron chi connectivity index (χ0n) is 4.34. The SMILES string of the molecule is [H-].[K+].[N-]=[N+]=N[SiH3]. The van der Waals surface area contributed by atoms with E-state index in [1.807, 2.05) is 0 Å². The predicted octanol–water partition coefficient (Wildman–Crippen LogP) is -3.31. The van der Waals surface area contributed by atoms with E-state index in [-0.39, 0.29) is 52.8 Å². The molecule has 0 N–H and O–H groups in total. The van der Waals surface area contributed by atoms with E-state index in [0.717, 1.165) is 0 Å². The van der Waals surface area contributed by atoms with E-state index in [4.69, 9.17) is 5.53 Å². The smallest absolute Gasteiger partial charge is 1.00 e. The van der Waals surface area contributed by atoms with Gasteiger partial charge in [-0.05, 0) is 10.4 Å². The van der Waals surface area contributed by atoms with Gasteiger partial charge < -0.3 is 1.43 Å². The van der Waals surface area contributed by atoms with E-state index in [9.17, 15) is 0 Å². The summed E-state index contributed by atoms with van der Waals surface area (Å²) in [6.07, 6.45) is 0. The molecule has 0 aliphatic rings. The summed E-state index contributed by atoms with van der Waals surface area (Å²) < 4.78 is 3.06. The first-order valence-corrected chi connectivity index (χ1v) is 1.74. The number of nitrogens with zero attached hydrogens (tertiary/aromatic N) is 3. The van der Waals surface area contributed by atoms with E-state index >= 15 is 0 Å². The molecule has 24 valence electrons. The molecule has 0 saturated carbocycles. The Kier molecular flexibility index (Phi) is 17.0. The third-order valence-corrected chi connectivity index (χ3v) is 0.268. The van der Waals surface area contributed by atoms with Crippen molar-refractivity contribution in [3.63, 3.8) is 0 Å². The fourth-order valence-electron chi connectivity index (χ4n) is 0. The molecule has 0 aliphatic carbocycles. The summed E-state index contributed by atoms with van der Waals surface area (Å²) in [6.45, 7) is 0. The fraction of sp³-hybridized carbons (Fsp3) is 0. The van der Waals surface area contributed by atoms with Crippen LogP contribution in [0.15, 0.2) is 4.78 Å². The minimum absolute atomic E-state index is 0. The summed E-state index contributed by atoms with van der Waals surface area (Å²) in [5.41, 5.74) is 7.37. The second kappa shape index (κ2) is 8.94. The van der Waals surface area contributed by atoms with E-state index in [1.54, 1.807) is 0 Å². The first-order chi connectivity index (χ1) is 1.91. The van der Waals surface area contributed by atoms with Crippen molar-refractivity contribution in [2.45, 2.75) is 0 Å². The topological polar surface area (TPSA) is 48.8 Å². The van der Waals surface area contributed by atoms with Crippen molar-refractivity contribution in [3.05, 3.63) is 10.4 Å². The first kappa shape index (κ1) is 9.48. The molecule has 0 aromatic rings. The Hall–Kier alpha value is 1.16. The molecule has 0 unspecified atom stereocenters. The van der Waals surface area contributed by atoms with Crippen LogP contribution in [0.25, 0.3) is 10.4 Å². The van der Waals surface area contributed by atoms with Crippen LogP contribution in [0, 0.1) is 0 Å². The number of hydrogen-bond donors (Lipinski definition) is 0. The molecule has 0 aromatic heterocycles. The fourth-order valence-corrected chi connectivity index (χ4v) is 0. The van der Waals surface area contributed by atoms with Gasteiger partial charge in [0.05, 0.1) is 0 Å². The minimum Gasteiger partial charge on any atom is -1.00 e. The molecule has 0 fully saturated rings. The third-order valence-electron chi connectivity index (χ3n) is 0.0894. The molecule has 0 radical (unpaired) electrons. The van der Waals surface area contributed by atoms with E-state index in [0.29, 0.717) is 10.4 Å². The molecule has 0 rings (SSSR count). The van der Waals surface area contributed by atoms with Crippen LogP contribution < -0.4 is 51.4 Å². The maximum Gasteiger partial charge on any atom is 1.00 e. The van der Waals surface area contributed by atoms with Gasteiger partial charge in [0.15, 0.2) is 0 Å². The summed E-state index contributed by atoms with van der Waals surface area (Å²) in [7, 11) is 0.598. The average Bonchev–Trinajstić information content (AvgIpc) is 1.37. The Morgan fingerprint density at radius 2 is 2.20 bits per heavy atom. The molecule has 0 saturated heterocycles. The van der Waals surface area contributed by atoms with Crippen molar-refractivity contribution in [2.24, 2.45) is 4.78 Å².